The number of amides is 1. The highest BCUT2D eigenvalue weighted by atomic mass is 35.5. The van der Waals surface area contributed by atoms with E-state index in [4.69, 9.17) is 11.6 Å². The molecule has 0 saturated carbocycles. The summed E-state index contributed by atoms with van der Waals surface area (Å²) in [6.07, 6.45) is 3.86. The number of carbonyl (C=O) groups is 1. The van der Waals surface area contributed by atoms with Crippen LogP contribution >= 0.6 is 11.6 Å². The van der Waals surface area contributed by atoms with Gasteiger partial charge in [-0.25, -0.2) is 14.4 Å². The van der Waals surface area contributed by atoms with Gasteiger partial charge in [-0.1, -0.05) is 11.6 Å². The van der Waals surface area contributed by atoms with E-state index in [0.29, 0.717) is 11.5 Å². The van der Waals surface area contributed by atoms with E-state index in [0.717, 1.165) is 19.5 Å². The van der Waals surface area contributed by atoms with Gasteiger partial charge in [0.05, 0.1) is 17.4 Å². The smallest absolute Gasteiger partial charge is 0.275 e. The second-order valence-corrected chi connectivity index (χ2v) is 5.86. The largest absolute Gasteiger partial charge is 0.369 e. The molecule has 24 heavy (non-hydrogen) atoms. The SMILES string of the molecule is CN(C)CCCNc1cnc(C(=O)Nc2ccc(F)c(Cl)c2)cn1. The number of nitrogens with zero attached hydrogens (tertiary/aromatic N) is 3. The third-order valence-corrected chi connectivity index (χ3v) is 3.44. The summed E-state index contributed by atoms with van der Waals surface area (Å²) >= 11 is 5.68. The van der Waals surface area contributed by atoms with Gasteiger partial charge in [-0.15, -0.1) is 0 Å². The lowest BCUT2D eigenvalue weighted by atomic mass is 10.3. The molecule has 0 radical (unpaired) electrons. The van der Waals surface area contributed by atoms with Gasteiger partial charge in [0, 0.05) is 12.2 Å². The minimum Gasteiger partial charge on any atom is -0.369 e. The monoisotopic (exact) mass is 351 g/mol. The fourth-order valence-corrected chi connectivity index (χ4v) is 2.10. The van der Waals surface area contributed by atoms with E-state index >= 15 is 0 Å². The molecule has 1 aromatic heterocycles. The molecule has 0 bridgehead atoms. The number of aromatic nitrogens is 2. The zero-order valence-electron chi connectivity index (χ0n) is 13.5. The van der Waals surface area contributed by atoms with E-state index in [2.05, 4.69) is 25.5 Å². The number of hydrogen-bond acceptors (Lipinski definition) is 5. The molecule has 1 aromatic carbocycles. The molecule has 2 aromatic rings. The lowest BCUT2D eigenvalue weighted by Gasteiger charge is -2.10. The fraction of sp³-hybridized carbons (Fsp3) is 0.312. The number of anilines is 2. The molecular formula is C16H19ClFN5O. The third kappa shape index (κ3) is 5.43. The summed E-state index contributed by atoms with van der Waals surface area (Å²) < 4.78 is 13.1. The molecule has 0 saturated heterocycles. The van der Waals surface area contributed by atoms with Crippen LogP contribution in [0, 0.1) is 5.82 Å². The minimum atomic E-state index is -0.542. The predicted octanol–water partition coefficient (Wildman–Crippen LogP) is 2.89. The van der Waals surface area contributed by atoms with Gasteiger partial charge in [0.15, 0.2) is 0 Å². The highest BCUT2D eigenvalue weighted by molar-refractivity contribution is 6.31. The Labute approximate surface area is 145 Å². The predicted molar refractivity (Wildman–Crippen MR) is 93.1 cm³/mol. The Morgan fingerprint density at radius 3 is 2.71 bits per heavy atom. The quantitative estimate of drug-likeness (QED) is 0.751. The Balaban J connectivity index is 1.89. The number of carbonyl (C=O) groups excluding carboxylic acids is 1. The van der Waals surface area contributed by atoms with Gasteiger partial charge in [0.25, 0.3) is 5.91 Å². The van der Waals surface area contributed by atoms with E-state index in [1.165, 1.54) is 30.6 Å². The molecule has 128 valence electrons. The normalized spacial score (nSPS) is 10.7. The Hall–Kier alpha value is -2.25. The van der Waals surface area contributed by atoms with Crippen molar-refractivity contribution in [2.75, 3.05) is 37.8 Å². The maximum atomic E-state index is 13.1. The van der Waals surface area contributed by atoms with Crippen molar-refractivity contribution in [3.05, 3.63) is 47.1 Å². The van der Waals surface area contributed by atoms with Gasteiger partial charge in [-0.05, 0) is 45.3 Å². The molecule has 0 unspecified atom stereocenters. The number of benzene rings is 1. The van der Waals surface area contributed by atoms with E-state index in [1.807, 2.05) is 14.1 Å². The number of nitrogens with one attached hydrogen (secondary N) is 2. The number of halogens is 2. The lowest BCUT2D eigenvalue weighted by Crippen LogP contribution is -2.17. The molecule has 0 aliphatic heterocycles. The van der Waals surface area contributed by atoms with Crippen molar-refractivity contribution < 1.29 is 9.18 Å². The Morgan fingerprint density at radius 1 is 1.29 bits per heavy atom. The van der Waals surface area contributed by atoms with Gasteiger partial charge in [-0.2, -0.15) is 0 Å². The molecule has 0 aliphatic rings. The van der Waals surface area contributed by atoms with Crippen LogP contribution in [0.5, 0.6) is 0 Å². The second-order valence-electron chi connectivity index (χ2n) is 5.45. The molecule has 2 rings (SSSR count). The zero-order chi connectivity index (χ0) is 17.5. The van der Waals surface area contributed by atoms with Crippen molar-refractivity contribution in [2.45, 2.75) is 6.42 Å². The summed E-state index contributed by atoms with van der Waals surface area (Å²) in [6, 6.07) is 3.94. The fourth-order valence-electron chi connectivity index (χ4n) is 1.92. The van der Waals surface area contributed by atoms with Crippen LogP contribution in [0.1, 0.15) is 16.9 Å². The topological polar surface area (TPSA) is 70.2 Å². The molecule has 6 nitrogen and oxygen atoms in total. The number of rotatable bonds is 7. The van der Waals surface area contributed by atoms with Crippen LogP contribution in [0.25, 0.3) is 0 Å². The van der Waals surface area contributed by atoms with Crippen LogP contribution in [0.2, 0.25) is 5.02 Å². The molecule has 0 fully saturated rings. The van der Waals surface area contributed by atoms with Crippen LogP contribution in [-0.2, 0) is 0 Å². The summed E-state index contributed by atoms with van der Waals surface area (Å²) in [5.74, 6) is -0.376. The molecule has 0 atom stereocenters. The summed E-state index contributed by atoms with van der Waals surface area (Å²) in [7, 11) is 4.03. The molecule has 1 heterocycles. The maximum absolute atomic E-state index is 13.1. The van der Waals surface area contributed by atoms with Crippen LogP contribution < -0.4 is 10.6 Å². The average Bonchev–Trinajstić information content (AvgIpc) is 2.55. The van der Waals surface area contributed by atoms with Crippen molar-refractivity contribution in [2.24, 2.45) is 0 Å². The first-order valence-corrected chi connectivity index (χ1v) is 7.80. The van der Waals surface area contributed by atoms with E-state index in [9.17, 15) is 9.18 Å². The van der Waals surface area contributed by atoms with E-state index < -0.39 is 11.7 Å². The van der Waals surface area contributed by atoms with E-state index in [-0.39, 0.29) is 10.7 Å². The van der Waals surface area contributed by atoms with Gasteiger partial charge in [0.2, 0.25) is 0 Å². The van der Waals surface area contributed by atoms with Crippen molar-refractivity contribution >= 4 is 29.0 Å². The van der Waals surface area contributed by atoms with Crippen molar-refractivity contribution in [1.82, 2.24) is 14.9 Å². The van der Waals surface area contributed by atoms with Gasteiger partial charge in [-0.3, -0.25) is 4.79 Å². The first-order valence-electron chi connectivity index (χ1n) is 7.43. The first-order chi connectivity index (χ1) is 11.5. The third-order valence-electron chi connectivity index (χ3n) is 3.15. The summed E-state index contributed by atoms with van der Waals surface area (Å²) in [5, 5.41) is 5.67. The van der Waals surface area contributed by atoms with Crippen LogP contribution in [0.3, 0.4) is 0 Å². The lowest BCUT2D eigenvalue weighted by molar-refractivity contribution is 0.102. The average molecular weight is 352 g/mol. The number of hydrogen-bond donors (Lipinski definition) is 2. The van der Waals surface area contributed by atoms with Crippen molar-refractivity contribution in [1.29, 1.82) is 0 Å². The minimum absolute atomic E-state index is 0.0591. The van der Waals surface area contributed by atoms with Crippen LogP contribution in [0.15, 0.2) is 30.6 Å². The Kier molecular flexibility index (Phi) is 6.45. The van der Waals surface area contributed by atoms with Gasteiger partial charge < -0.3 is 15.5 Å². The van der Waals surface area contributed by atoms with Crippen molar-refractivity contribution in [3.8, 4) is 0 Å². The molecule has 0 aliphatic carbocycles. The molecule has 0 spiro atoms. The highest BCUT2D eigenvalue weighted by Gasteiger charge is 2.10. The Bertz CT molecular complexity index is 693. The molecule has 8 heteroatoms. The molecule has 2 N–H and O–H groups in total. The molecular weight excluding hydrogens is 333 g/mol. The summed E-state index contributed by atoms with van der Waals surface area (Å²) in [5.41, 5.74) is 0.549. The van der Waals surface area contributed by atoms with E-state index in [1.54, 1.807) is 0 Å². The maximum Gasteiger partial charge on any atom is 0.275 e. The standard InChI is InChI=1S/C16H19ClFN5O/c1-23(2)7-3-6-19-15-10-20-14(9-21-15)16(24)22-11-4-5-13(18)12(17)8-11/h4-5,8-10H,3,6-7H2,1-2H3,(H,19,21)(H,22,24). The van der Waals surface area contributed by atoms with Crippen LogP contribution in [-0.4, -0.2) is 48.0 Å². The second kappa shape index (κ2) is 8.56. The van der Waals surface area contributed by atoms with Gasteiger partial charge in [0.1, 0.15) is 17.3 Å². The van der Waals surface area contributed by atoms with Crippen molar-refractivity contribution in [3.63, 3.8) is 0 Å². The summed E-state index contributed by atoms with van der Waals surface area (Å²) in [4.78, 5) is 22.4. The first kappa shape index (κ1) is 18.1. The zero-order valence-corrected chi connectivity index (χ0v) is 14.3. The van der Waals surface area contributed by atoms with Gasteiger partial charge >= 0.3 is 0 Å². The Morgan fingerprint density at radius 2 is 2.08 bits per heavy atom. The molecule has 1 amide bonds. The van der Waals surface area contributed by atoms with Crippen LogP contribution in [0.4, 0.5) is 15.9 Å². The highest BCUT2D eigenvalue weighted by Crippen LogP contribution is 2.19. The summed E-state index contributed by atoms with van der Waals surface area (Å²) in [6.45, 7) is 1.74.